The number of likely N-dealkylation sites (tertiary alicyclic amines) is 1. The minimum Gasteiger partial charge on any atom is -0.480 e. The Labute approximate surface area is 297 Å². The monoisotopic (exact) mass is 711 g/mol. The van der Waals surface area contributed by atoms with Gasteiger partial charge in [0.2, 0.25) is 0 Å². The Morgan fingerprint density at radius 1 is 0.686 bits per heavy atom. The predicted molar refractivity (Wildman–Crippen MR) is 187 cm³/mol. The van der Waals surface area contributed by atoms with Gasteiger partial charge in [-0.1, -0.05) is 24.3 Å². The number of benzene rings is 2. The quantitative estimate of drug-likeness (QED) is 0.231. The van der Waals surface area contributed by atoms with Crippen LogP contribution in [-0.2, 0) is 36.9 Å². The number of rotatable bonds is 13. The van der Waals surface area contributed by atoms with Crippen molar-refractivity contribution >= 4 is 35.5 Å². The summed E-state index contributed by atoms with van der Waals surface area (Å²) in [6.45, 7) is 7.62. The number of piperidine rings is 1. The molecule has 16 nitrogen and oxygen atoms in total. The van der Waals surface area contributed by atoms with Crippen LogP contribution < -0.4 is 21.3 Å². The Bertz CT molecular complexity index is 1470. The number of hydrogen-bond donors (Lipinski definition) is 4. The van der Waals surface area contributed by atoms with Crippen molar-refractivity contribution < 1.29 is 43.6 Å². The lowest BCUT2D eigenvalue weighted by Gasteiger charge is -2.34. The molecule has 3 unspecified atom stereocenters. The van der Waals surface area contributed by atoms with Crippen molar-refractivity contribution in [2.75, 3.05) is 88.4 Å². The van der Waals surface area contributed by atoms with E-state index in [4.69, 9.17) is 35.9 Å². The fraction of sp³-hybridized carbons (Fsp3) is 0.543. The number of nitrogens with zero attached hydrogens (tertiary/aromatic N) is 5. The average Bonchev–Trinajstić information content (AvgIpc) is 3.68. The summed E-state index contributed by atoms with van der Waals surface area (Å²) in [6.07, 6.45) is 0.656. The van der Waals surface area contributed by atoms with Gasteiger partial charge in [-0.15, -0.1) is 0 Å². The molecule has 3 atom stereocenters. The van der Waals surface area contributed by atoms with Gasteiger partial charge >= 0.3 is 24.1 Å². The minimum atomic E-state index is -0.955. The summed E-state index contributed by atoms with van der Waals surface area (Å²) in [5.74, 6) is -1.75. The van der Waals surface area contributed by atoms with Crippen LogP contribution in [0.25, 0.3) is 0 Å². The van der Waals surface area contributed by atoms with Crippen molar-refractivity contribution in [2.24, 2.45) is 11.5 Å². The molecule has 51 heavy (non-hydrogen) atoms. The summed E-state index contributed by atoms with van der Waals surface area (Å²) in [4.78, 5) is 55.3. The van der Waals surface area contributed by atoms with Gasteiger partial charge in [0.1, 0.15) is 18.8 Å². The van der Waals surface area contributed by atoms with E-state index in [1.54, 1.807) is 9.80 Å². The summed E-state index contributed by atoms with van der Waals surface area (Å²) < 4.78 is 16.4. The first-order valence-corrected chi connectivity index (χ1v) is 17.4. The molecule has 0 bridgehead atoms. The number of nitrogens with two attached hydrogens (primary N) is 2. The van der Waals surface area contributed by atoms with Crippen LogP contribution in [0, 0.1) is 0 Å². The highest BCUT2D eigenvalue weighted by Gasteiger charge is 2.36. The molecule has 4 heterocycles. The van der Waals surface area contributed by atoms with Gasteiger partial charge in [0.25, 0.3) is 0 Å². The molecule has 0 saturated carbocycles. The minimum absolute atomic E-state index is 0.0822. The molecule has 4 saturated heterocycles. The van der Waals surface area contributed by atoms with Crippen molar-refractivity contribution in [1.29, 1.82) is 0 Å². The lowest BCUT2D eigenvalue weighted by Crippen LogP contribution is -2.50. The number of anilines is 2. The fourth-order valence-electron chi connectivity index (χ4n) is 6.68. The SMILES string of the molecule is NCc1ccc(N2CC(CN3CCCC(OCC(=O)O)C3)OC2=O)cc1.NCc1ccc(N2CC(CN3CCN(CC(=O)O)CC3)OC2=O)cc1. The topological polar surface area (TPSA) is 205 Å². The van der Waals surface area contributed by atoms with Gasteiger partial charge in [-0.25, -0.2) is 14.4 Å². The summed E-state index contributed by atoms with van der Waals surface area (Å²) in [5, 5.41) is 17.6. The molecule has 6 rings (SSSR count). The van der Waals surface area contributed by atoms with Crippen molar-refractivity contribution in [3.63, 3.8) is 0 Å². The Balaban J connectivity index is 0.000000198. The van der Waals surface area contributed by atoms with Crippen molar-refractivity contribution in [3.8, 4) is 0 Å². The molecule has 16 heteroatoms. The molecule has 0 aliphatic carbocycles. The molecule has 4 fully saturated rings. The molecule has 6 N–H and O–H groups in total. The van der Waals surface area contributed by atoms with Crippen LogP contribution >= 0.6 is 0 Å². The van der Waals surface area contributed by atoms with Crippen molar-refractivity contribution in [1.82, 2.24) is 14.7 Å². The smallest absolute Gasteiger partial charge is 0.414 e. The first-order valence-electron chi connectivity index (χ1n) is 17.4. The summed E-state index contributed by atoms with van der Waals surface area (Å²) in [6, 6.07) is 15.2. The highest BCUT2D eigenvalue weighted by molar-refractivity contribution is 5.90. The number of amides is 2. The van der Waals surface area contributed by atoms with Gasteiger partial charge in [0.05, 0.1) is 25.7 Å². The van der Waals surface area contributed by atoms with Crippen LogP contribution in [0.1, 0.15) is 24.0 Å². The number of carbonyl (C=O) groups is 4. The van der Waals surface area contributed by atoms with E-state index in [2.05, 4.69) is 9.80 Å². The second kappa shape index (κ2) is 18.3. The number of carbonyl (C=O) groups excluding carboxylic acids is 2. The highest BCUT2D eigenvalue weighted by Crippen LogP contribution is 2.25. The summed E-state index contributed by atoms with van der Waals surface area (Å²) in [7, 11) is 0. The Hall–Kier alpha value is -4.32. The molecule has 0 spiro atoms. The molecule has 4 aliphatic heterocycles. The number of carboxylic acids is 2. The molecular formula is C35H49N7O9. The summed E-state index contributed by atoms with van der Waals surface area (Å²) >= 11 is 0. The second-order valence-corrected chi connectivity index (χ2v) is 13.2. The van der Waals surface area contributed by atoms with Gasteiger partial charge in [-0.05, 0) is 54.8 Å². The predicted octanol–water partition coefficient (Wildman–Crippen LogP) is 1.21. The average molecular weight is 712 g/mol. The first-order chi connectivity index (χ1) is 24.6. The molecule has 0 aromatic heterocycles. The second-order valence-electron chi connectivity index (χ2n) is 13.2. The zero-order valence-corrected chi connectivity index (χ0v) is 28.8. The maximum atomic E-state index is 12.2. The first kappa shape index (κ1) is 37.9. The van der Waals surface area contributed by atoms with E-state index in [-0.39, 0.29) is 43.7 Å². The van der Waals surface area contributed by atoms with E-state index < -0.39 is 11.9 Å². The van der Waals surface area contributed by atoms with E-state index in [0.717, 1.165) is 68.1 Å². The molecule has 0 radical (unpaired) electrons. The van der Waals surface area contributed by atoms with E-state index in [1.807, 2.05) is 53.4 Å². The van der Waals surface area contributed by atoms with E-state index in [0.29, 0.717) is 45.8 Å². The van der Waals surface area contributed by atoms with Crippen molar-refractivity contribution in [3.05, 3.63) is 59.7 Å². The van der Waals surface area contributed by atoms with E-state index in [9.17, 15) is 19.2 Å². The normalized spacial score (nSPS) is 23.1. The van der Waals surface area contributed by atoms with E-state index in [1.165, 1.54) is 0 Å². The highest BCUT2D eigenvalue weighted by atomic mass is 16.6. The zero-order chi connectivity index (χ0) is 36.3. The fourth-order valence-corrected chi connectivity index (χ4v) is 6.68. The largest absolute Gasteiger partial charge is 0.480 e. The molecule has 278 valence electrons. The Morgan fingerprint density at radius 2 is 1.18 bits per heavy atom. The summed E-state index contributed by atoms with van der Waals surface area (Å²) in [5.41, 5.74) is 14.8. The van der Waals surface area contributed by atoms with Crippen LogP contribution in [0.2, 0.25) is 0 Å². The van der Waals surface area contributed by atoms with Crippen LogP contribution in [0.3, 0.4) is 0 Å². The van der Waals surface area contributed by atoms with Crippen LogP contribution in [0.4, 0.5) is 21.0 Å². The Morgan fingerprint density at radius 3 is 1.65 bits per heavy atom. The molecular weight excluding hydrogens is 662 g/mol. The molecule has 2 aromatic carbocycles. The third kappa shape index (κ3) is 11.1. The lowest BCUT2D eigenvalue weighted by atomic mass is 10.1. The maximum Gasteiger partial charge on any atom is 0.414 e. The number of aliphatic carboxylic acids is 2. The van der Waals surface area contributed by atoms with Crippen LogP contribution in [0.5, 0.6) is 0 Å². The van der Waals surface area contributed by atoms with Crippen molar-refractivity contribution in [2.45, 2.75) is 44.2 Å². The maximum absolute atomic E-state index is 12.2. The van der Waals surface area contributed by atoms with Gasteiger partial charge in [0.15, 0.2) is 0 Å². The molecule has 2 aromatic rings. The third-order valence-corrected chi connectivity index (χ3v) is 9.37. The number of hydrogen-bond acceptors (Lipinski definition) is 12. The van der Waals surface area contributed by atoms with Gasteiger partial charge in [0, 0.05) is 70.3 Å². The molecule has 4 aliphatic rings. The van der Waals surface area contributed by atoms with Gasteiger partial charge in [-0.2, -0.15) is 0 Å². The van der Waals surface area contributed by atoms with Gasteiger partial charge in [-0.3, -0.25) is 29.3 Å². The van der Waals surface area contributed by atoms with Crippen LogP contribution in [-0.4, -0.2) is 146 Å². The standard InChI is InChI=1S/C18H25N3O5.C17H24N4O4/c19-8-13-3-5-14(6-4-13)21-11-16(26-18(21)24)10-20-7-1-2-15(9-20)25-12-17(22)23;18-9-13-1-3-14(4-2-13)21-11-15(25-17(21)24)10-19-5-7-20(8-6-19)12-16(22)23/h3-6,15-16H,1-2,7-12,19H2,(H,22,23);1-4,15H,5-12,18H2,(H,22,23). The van der Waals surface area contributed by atoms with E-state index >= 15 is 0 Å². The zero-order valence-electron chi connectivity index (χ0n) is 28.8. The molecule has 2 amide bonds. The number of cyclic esters (lactones) is 2. The van der Waals surface area contributed by atoms with Gasteiger partial charge < -0.3 is 35.9 Å². The number of piperazine rings is 1. The number of ether oxygens (including phenoxy) is 3. The third-order valence-electron chi connectivity index (χ3n) is 9.37. The van der Waals surface area contributed by atoms with Crippen LogP contribution in [0.15, 0.2) is 48.5 Å². The number of carboxylic acid groups (broad SMARTS) is 2. The Kier molecular flexibility index (Phi) is 13.6. The lowest BCUT2D eigenvalue weighted by molar-refractivity contribution is -0.145.